The Balaban J connectivity index is 2.04. The maximum atomic E-state index is 12.2. The van der Waals surface area contributed by atoms with Crippen LogP contribution in [0.2, 0.25) is 0 Å². The maximum absolute atomic E-state index is 12.2. The molecule has 0 amide bonds. The number of aliphatic carboxylic acids is 1. The van der Waals surface area contributed by atoms with Crippen LogP contribution in [0.3, 0.4) is 0 Å². The van der Waals surface area contributed by atoms with E-state index in [9.17, 15) is 13.6 Å². The largest absolute Gasteiger partial charge is 0.481 e. The van der Waals surface area contributed by atoms with Crippen LogP contribution < -0.4 is 4.74 Å². The van der Waals surface area contributed by atoms with E-state index in [2.05, 4.69) is 16.6 Å². The van der Waals surface area contributed by atoms with Gasteiger partial charge in [-0.25, -0.2) is 0 Å². The minimum absolute atomic E-state index is 0.127. The first-order valence-electron chi connectivity index (χ1n) is 6.96. The molecule has 1 N–H and O–H groups in total. The van der Waals surface area contributed by atoms with E-state index in [0.717, 1.165) is 12.0 Å². The molecule has 0 spiro atoms. The first-order valence-corrected chi connectivity index (χ1v) is 6.96. The molecule has 1 aliphatic heterocycles. The summed E-state index contributed by atoms with van der Waals surface area (Å²) >= 11 is 0. The number of carboxylic acid groups (broad SMARTS) is 1. The average Bonchev–Trinajstić information content (AvgIpc) is 2.40. The SMILES string of the molecule is CC1CCC(C(=O)O)CN1Cc1cccc(OC(F)F)c1. The normalized spacial score (nSPS) is 23.2. The minimum Gasteiger partial charge on any atom is -0.481 e. The zero-order chi connectivity index (χ0) is 15.4. The lowest BCUT2D eigenvalue weighted by atomic mass is 9.93. The van der Waals surface area contributed by atoms with E-state index in [0.29, 0.717) is 19.5 Å². The van der Waals surface area contributed by atoms with E-state index < -0.39 is 12.6 Å². The topological polar surface area (TPSA) is 49.8 Å². The van der Waals surface area contributed by atoms with Gasteiger partial charge in [0.05, 0.1) is 5.92 Å². The minimum atomic E-state index is -2.84. The highest BCUT2D eigenvalue weighted by atomic mass is 19.3. The van der Waals surface area contributed by atoms with Crippen molar-refractivity contribution in [2.45, 2.75) is 39.0 Å². The monoisotopic (exact) mass is 299 g/mol. The predicted octanol–water partition coefficient (Wildman–Crippen LogP) is 2.97. The standard InChI is InChI=1S/C15H19F2NO3/c1-10-5-6-12(14(19)20)9-18(10)8-11-3-2-4-13(7-11)21-15(16)17/h2-4,7,10,12,15H,5-6,8-9H2,1H3,(H,19,20). The first-order chi connectivity index (χ1) is 9.95. The van der Waals surface area contributed by atoms with Crippen LogP contribution >= 0.6 is 0 Å². The summed E-state index contributed by atoms with van der Waals surface area (Å²) in [5, 5.41) is 9.12. The number of hydrogen-bond acceptors (Lipinski definition) is 3. The summed E-state index contributed by atoms with van der Waals surface area (Å²) in [6.45, 7) is 0.227. The number of carboxylic acids is 1. The van der Waals surface area contributed by atoms with Crippen molar-refractivity contribution in [1.82, 2.24) is 4.90 Å². The summed E-state index contributed by atoms with van der Waals surface area (Å²) in [5.74, 6) is -1.01. The molecule has 21 heavy (non-hydrogen) atoms. The van der Waals surface area contributed by atoms with Crippen molar-refractivity contribution in [2.24, 2.45) is 5.92 Å². The molecule has 0 aromatic heterocycles. The van der Waals surface area contributed by atoms with E-state index >= 15 is 0 Å². The van der Waals surface area contributed by atoms with E-state index in [1.807, 2.05) is 6.07 Å². The number of benzene rings is 1. The van der Waals surface area contributed by atoms with Crippen LogP contribution in [0.4, 0.5) is 8.78 Å². The lowest BCUT2D eigenvalue weighted by Gasteiger charge is -2.36. The van der Waals surface area contributed by atoms with Crippen molar-refractivity contribution in [1.29, 1.82) is 0 Å². The first kappa shape index (κ1) is 15.7. The van der Waals surface area contributed by atoms with Crippen molar-refractivity contribution in [2.75, 3.05) is 6.54 Å². The van der Waals surface area contributed by atoms with Gasteiger partial charge in [-0.05, 0) is 37.5 Å². The lowest BCUT2D eigenvalue weighted by Crippen LogP contribution is -2.43. The third kappa shape index (κ3) is 4.39. The molecule has 1 fully saturated rings. The van der Waals surface area contributed by atoms with Crippen molar-refractivity contribution < 1.29 is 23.4 Å². The molecule has 0 bridgehead atoms. The van der Waals surface area contributed by atoms with Gasteiger partial charge in [-0.1, -0.05) is 12.1 Å². The molecular formula is C15H19F2NO3. The molecule has 116 valence electrons. The molecule has 1 heterocycles. The molecular weight excluding hydrogens is 280 g/mol. The highest BCUT2D eigenvalue weighted by Crippen LogP contribution is 2.25. The molecule has 0 aliphatic carbocycles. The molecule has 6 heteroatoms. The van der Waals surface area contributed by atoms with Crippen molar-refractivity contribution in [3.63, 3.8) is 0 Å². The molecule has 1 aromatic rings. The molecule has 2 atom stereocenters. The van der Waals surface area contributed by atoms with Crippen molar-refractivity contribution in [3.05, 3.63) is 29.8 Å². The molecule has 2 rings (SSSR count). The summed E-state index contributed by atoms with van der Waals surface area (Å²) in [6.07, 6.45) is 1.51. The van der Waals surface area contributed by atoms with Gasteiger partial charge in [0, 0.05) is 19.1 Å². The van der Waals surface area contributed by atoms with Gasteiger partial charge < -0.3 is 9.84 Å². The third-order valence-corrected chi connectivity index (χ3v) is 3.87. The fourth-order valence-electron chi connectivity index (χ4n) is 2.66. The summed E-state index contributed by atoms with van der Waals surface area (Å²) < 4.78 is 28.8. The summed E-state index contributed by atoms with van der Waals surface area (Å²) in [7, 11) is 0. The van der Waals surface area contributed by atoms with Crippen molar-refractivity contribution in [3.8, 4) is 5.75 Å². The van der Waals surface area contributed by atoms with Gasteiger partial charge in [0.2, 0.25) is 0 Å². The third-order valence-electron chi connectivity index (χ3n) is 3.87. The number of alkyl halides is 2. The second-order valence-electron chi connectivity index (χ2n) is 5.42. The summed E-state index contributed by atoms with van der Waals surface area (Å²) in [5.41, 5.74) is 0.839. The van der Waals surface area contributed by atoms with Crippen LogP contribution in [0, 0.1) is 5.92 Å². The van der Waals surface area contributed by atoms with Gasteiger partial charge in [0.25, 0.3) is 0 Å². The van der Waals surface area contributed by atoms with E-state index in [-0.39, 0.29) is 17.7 Å². The van der Waals surface area contributed by atoms with Crippen LogP contribution in [-0.4, -0.2) is 35.2 Å². The smallest absolute Gasteiger partial charge is 0.387 e. The van der Waals surface area contributed by atoms with Crippen LogP contribution in [0.5, 0.6) is 5.75 Å². The van der Waals surface area contributed by atoms with Gasteiger partial charge in [-0.2, -0.15) is 8.78 Å². The van der Waals surface area contributed by atoms with Crippen LogP contribution in [0.25, 0.3) is 0 Å². The van der Waals surface area contributed by atoms with Gasteiger partial charge in [0.15, 0.2) is 0 Å². The van der Waals surface area contributed by atoms with Gasteiger partial charge >= 0.3 is 12.6 Å². The molecule has 2 unspecified atom stereocenters. The number of ether oxygens (including phenoxy) is 1. The molecule has 4 nitrogen and oxygen atoms in total. The van der Waals surface area contributed by atoms with Crippen LogP contribution in [0.15, 0.2) is 24.3 Å². The van der Waals surface area contributed by atoms with Crippen molar-refractivity contribution >= 4 is 5.97 Å². The fourth-order valence-corrected chi connectivity index (χ4v) is 2.66. The lowest BCUT2D eigenvalue weighted by molar-refractivity contribution is -0.144. The number of nitrogens with zero attached hydrogens (tertiary/aromatic N) is 1. The quantitative estimate of drug-likeness (QED) is 0.908. The van der Waals surface area contributed by atoms with E-state index in [1.54, 1.807) is 12.1 Å². The molecule has 1 saturated heterocycles. The molecule has 0 saturated carbocycles. The van der Waals surface area contributed by atoms with E-state index in [1.165, 1.54) is 6.07 Å². The molecule has 1 aromatic carbocycles. The van der Waals surface area contributed by atoms with Crippen LogP contribution in [0.1, 0.15) is 25.3 Å². The highest BCUT2D eigenvalue weighted by molar-refractivity contribution is 5.70. The average molecular weight is 299 g/mol. The Morgan fingerprint density at radius 1 is 1.48 bits per heavy atom. The Bertz CT molecular complexity index is 496. The number of piperidine rings is 1. The zero-order valence-electron chi connectivity index (χ0n) is 11.8. The highest BCUT2D eigenvalue weighted by Gasteiger charge is 2.29. The Labute approximate surface area is 122 Å². The second kappa shape index (κ2) is 6.85. The van der Waals surface area contributed by atoms with Gasteiger partial charge in [0.1, 0.15) is 5.75 Å². The Kier molecular flexibility index (Phi) is 5.12. The Morgan fingerprint density at radius 2 is 2.24 bits per heavy atom. The number of hydrogen-bond donors (Lipinski definition) is 1. The maximum Gasteiger partial charge on any atom is 0.387 e. The Morgan fingerprint density at radius 3 is 2.90 bits per heavy atom. The summed E-state index contributed by atoms with van der Waals surface area (Å²) in [6, 6.07) is 6.82. The second-order valence-corrected chi connectivity index (χ2v) is 5.42. The zero-order valence-corrected chi connectivity index (χ0v) is 11.8. The number of carbonyl (C=O) groups is 1. The fraction of sp³-hybridized carbons (Fsp3) is 0.533. The molecule has 1 aliphatic rings. The number of rotatable bonds is 5. The van der Waals surface area contributed by atoms with Gasteiger partial charge in [-0.3, -0.25) is 9.69 Å². The number of halogens is 2. The Hall–Kier alpha value is -1.69. The predicted molar refractivity (Wildman–Crippen MR) is 73.3 cm³/mol. The molecule has 0 radical (unpaired) electrons. The van der Waals surface area contributed by atoms with Gasteiger partial charge in [-0.15, -0.1) is 0 Å². The van der Waals surface area contributed by atoms with Crippen LogP contribution in [-0.2, 0) is 11.3 Å². The van der Waals surface area contributed by atoms with E-state index in [4.69, 9.17) is 5.11 Å². The number of likely N-dealkylation sites (tertiary alicyclic amines) is 1. The summed E-state index contributed by atoms with van der Waals surface area (Å²) in [4.78, 5) is 13.2.